The van der Waals surface area contributed by atoms with Crippen molar-refractivity contribution >= 4 is 10.8 Å². The number of fused-ring (bicyclic) bond motifs is 1. The summed E-state index contributed by atoms with van der Waals surface area (Å²) < 4.78 is 5.20. The number of methoxy groups -OCH3 is 1. The van der Waals surface area contributed by atoms with Crippen molar-refractivity contribution in [1.29, 1.82) is 0 Å². The third-order valence-electron chi connectivity index (χ3n) is 4.42. The van der Waals surface area contributed by atoms with Crippen LogP contribution in [-0.2, 0) is 0 Å². The number of hydrogen-bond donors (Lipinski definition) is 0. The largest absolute Gasteiger partial charge is 0.497 e. The average Bonchev–Trinajstić information content (AvgIpc) is 2.72. The maximum atomic E-state index is 5.20. The van der Waals surface area contributed by atoms with Crippen LogP contribution in [0.4, 0.5) is 0 Å². The maximum absolute atomic E-state index is 5.20. The summed E-state index contributed by atoms with van der Waals surface area (Å²) in [4.78, 5) is 0. The van der Waals surface area contributed by atoms with Crippen LogP contribution < -0.4 is 4.74 Å². The number of hydrogen-bond acceptors (Lipinski definition) is 1. The zero-order chi connectivity index (χ0) is 17.8. The van der Waals surface area contributed by atoms with Crippen molar-refractivity contribution in [2.45, 2.75) is 0 Å². The van der Waals surface area contributed by atoms with E-state index in [4.69, 9.17) is 4.74 Å². The predicted octanol–water partition coefficient (Wildman–Crippen LogP) is 5.92. The summed E-state index contributed by atoms with van der Waals surface area (Å²) in [5, 5.41) is 2.49. The van der Waals surface area contributed by atoms with E-state index in [2.05, 4.69) is 72.5 Å². The Balaban J connectivity index is 1.73. The van der Waals surface area contributed by atoms with Crippen LogP contribution in [0.3, 0.4) is 0 Å². The van der Waals surface area contributed by atoms with Gasteiger partial charge in [0.2, 0.25) is 0 Å². The minimum absolute atomic E-state index is 0.840. The fourth-order valence-corrected chi connectivity index (χ4v) is 3.01. The van der Waals surface area contributed by atoms with Gasteiger partial charge in [-0.25, -0.2) is 0 Å². The third kappa shape index (κ3) is 3.31. The number of ether oxygens (including phenoxy) is 1. The summed E-state index contributed by atoms with van der Waals surface area (Å²) in [5.74, 6) is 7.42. The molecule has 0 saturated carbocycles. The molecule has 0 radical (unpaired) electrons. The topological polar surface area (TPSA) is 9.23 Å². The molecular formula is C25H18O. The first-order valence-electron chi connectivity index (χ1n) is 8.58. The highest BCUT2D eigenvalue weighted by Gasteiger charge is 2.04. The molecule has 0 aliphatic rings. The molecule has 0 N–H and O–H groups in total. The molecule has 1 nitrogen and oxygen atoms in total. The lowest BCUT2D eigenvalue weighted by atomic mass is 9.97. The molecule has 4 rings (SSSR count). The molecule has 0 aliphatic carbocycles. The summed E-state index contributed by atoms with van der Waals surface area (Å²) in [7, 11) is 1.67. The van der Waals surface area contributed by atoms with Crippen LogP contribution in [0.2, 0.25) is 0 Å². The quantitative estimate of drug-likeness (QED) is 0.414. The van der Waals surface area contributed by atoms with Crippen LogP contribution in [0, 0.1) is 11.8 Å². The summed E-state index contributed by atoms with van der Waals surface area (Å²) in [5.41, 5.74) is 4.33. The Morgan fingerprint density at radius 1 is 0.654 bits per heavy atom. The van der Waals surface area contributed by atoms with Gasteiger partial charge in [-0.15, -0.1) is 0 Å². The molecule has 0 bridgehead atoms. The van der Waals surface area contributed by atoms with Gasteiger partial charge in [0.05, 0.1) is 7.11 Å². The van der Waals surface area contributed by atoms with Crippen molar-refractivity contribution in [2.24, 2.45) is 0 Å². The first-order valence-corrected chi connectivity index (χ1v) is 8.58. The van der Waals surface area contributed by atoms with Crippen LogP contribution >= 0.6 is 0 Å². The molecule has 0 spiro atoms. The van der Waals surface area contributed by atoms with Crippen LogP contribution in [0.25, 0.3) is 21.9 Å². The van der Waals surface area contributed by atoms with Gasteiger partial charge >= 0.3 is 0 Å². The molecule has 4 aromatic rings. The molecule has 0 saturated heterocycles. The zero-order valence-corrected chi connectivity index (χ0v) is 14.6. The van der Waals surface area contributed by atoms with Gasteiger partial charge in [-0.3, -0.25) is 0 Å². The fourth-order valence-electron chi connectivity index (χ4n) is 3.01. The average molecular weight is 334 g/mol. The van der Waals surface area contributed by atoms with E-state index < -0.39 is 0 Å². The Labute approximate surface area is 153 Å². The van der Waals surface area contributed by atoms with Crippen molar-refractivity contribution in [2.75, 3.05) is 7.11 Å². The first-order chi connectivity index (χ1) is 12.8. The van der Waals surface area contributed by atoms with Gasteiger partial charge in [0.1, 0.15) is 5.75 Å². The molecular weight excluding hydrogens is 316 g/mol. The SMILES string of the molecule is COc1ccc(C#Cc2ccccc2-c2ccc3ccccc3c2)cc1. The van der Waals surface area contributed by atoms with Gasteiger partial charge < -0.3 is 4.74 Å². The van der Waals surface area contributed by atoms with E-state index in [1.54, 1.807) is 7.11 Å². The van der Waals surface area contributed by atoms with E-state index in [1.807, 2.05) is 30.3 Å². The Morgan fingerprint density at radius 2 is 1.38 bits per heavy atom. The van der Waals surface area contributed by atoms with E-state index in [1.165, 1.54) is 16.3 Å². The van der Waals surface area contributed by atoms with Crippen molar-refractivity contribution in [3.63, 3.8) is 0 Å². The molecule has 0 fully saturated rings. The van der Waals surface area contributed by atoms with E-state index in [-0.39, 0.29) is 0 Å². The van der Waals surface area contributed by atoms with E-state index in [9.17, 15) is 0 Å². The third-order valence-corrected chi connectivity index (χ3v) is 4.42. The van der Waals surface area contributed by atoms with Gasteiger partial charge in [0, 0.05) is 11.1 Å². The normalized spacial score (nSPS) is 10.2. The summed E-state index contributed by atoms with van der Waals surface area (Å²) in [6, 6.07) is 31.1. The standard InChI is InChI=1S/C25H18O/c1-26-24-16-11-19(12-17-24)10-13-21-7-4-5-9-25(21)23-15-14-20-6-2-3-8-22(20)18-23/h2-9,11-12,14-18H,1H3. The highest BCUT2D eigenvalue weighted by molar-refractivity contribution is 5.88. The summed E-state index contributed by atoms with van der Waals surface area (Å²) in [6.07, 6.45) is 0. The number of benzene rings is 4. The van der Waals surface area contributed by atoms with Crippen molar-refractivity contribution in [1.82, 2.24) is 0 Å². The Kier molecular flexibility index (Phi) is 4.41. The van der Waals surface area contributed by atoms with Gasteiger partial charge in [-0.05, 0) is 58.3 Å². The molecule has 0 atom stereocenters. The second-order valence-corrected chi connectivity index (χ2v) is 6.09. The van der Waals surface area contributed by atoms with Crippen LogP contribution in [0.15, 0.2) is 91.0 Å². The van der Waals surface area contributed by atoms with Crippen LogP contribution in [-0.4, -0.2) is 7.11 Å². The maximum Gasteiger partial charge on any atom is 0.118 e. The highest BCUT2D eigenvalue weighted by atomic mass is 16.5. The van der Waals surface area contributed by atoms with Crippen molar-refractivity contribution < 1.29 is 4.74 Å². The summed E-state index contributed by atoms with van der Waals surface area (Å²) in [6.45, 7) is 0. The van der Waals surface area contributed by atoms with Gasteiger partial charge in [0.25, 0.3) is 0 Å². The Hall–Kier alpha value is -3.50. The van der Waals surface area contributed by atoms with Crippen molar-refractivity contribution in [3.8, 4) is 28.7 Å². The van der Waals surface area contributed by atoms with E-state index in [0.717, 1.165) is 22.4 Å². The minimum Gasteiger partial charge on any atom is -0.497 e. The number of rotatable bonds is 2. The first kappa shape index (κ1) is 16.0. The lowest BCUT2D eigenvalue weighted by Crippen LogP contribution is -1.85. The molecule has 0 aliphatic heterocycles. The molecule has 0 unspecified atom stereocenters. The fraction of sp³-hybridized carbons (Fsp3) is 0.0400. The second-order valence-electron chi connectivity index (χ2n) is 6.09. The van der Waals surface area contributed by atoms with Crippen LogP contribution in [0.1, 0.15) is 11.1 Å². The predicted molar refractivity (Wildman–Crippen MR) is 108 cm³/mol. The van der Waals surface area contributed by atoms with Gasteiger partial charge in [-0.1, -0.05) is 66.4 Å². The van der Waals surface area contributed by atoms with Crippen LogP contribution in [0.5, 0.6) is 5.75 Å². The molecule has 0 aromatic heterocycles. The molecule has 1 heteroatoms. The molecule has 4 aromatic carbocycles. The Bertz CT molecular complexity index is 1110. The summed E-state index contributed by atoms with van der Waals surface area (Å²) >= 11 is 0. The molecule has 0 heterocycles. The van der Waals surface area contributed by atoms with Crippen molar-refractivity contribution in [3.05, 3.63) is 102 Å². The smallest absolute Gasteiger partial charge is 0.118 e. The Morgan fingerprint density at radius 3 is 2.19 bits per heavy atom. The molecule has 0 amide bonds. The van der Waals surface area contributed by atoms with E-state index >= 15 is 0 Å². The molecule has 26 heavy (non-hydrogen) atoms. The minimum atomic E-state index is 0.840. The zero-order valence-electron chi connectivity index (χ0n) is 14.6. The van der Waals surface area contributed by atoms with E-state index in [0.29, 0.717) is 0 Å². The lowest BCUT2D eigenvalue weighted by molar-refractivity contribution is 0.415. The monoisotopic (exact) mass is 334 g/mol. The van der Waals surface area contributed by atoms with Gasteiger partial charge in [-0.2, -0.15) is 0 Å². The highest BCUT2D eigenvalue weighted by Crippen LogP contribution is 2.27. The van der Waals surface area contributed by atoms with Gasteiger partial charge in [0.15, 0.2) is 0 Å². The molecule has 124 valence electrons. The second kappa shape index (κ2) is 7.17. The lowest BCUT2D eigenvalue weighted by Gasteiger charge is -2.07.